The zero-order chi connectivity index (χ0) is 17.1. The van der Waals surface area contributed by atoms with E-state index >= 15 is 0 Å². The molecule has 3 rings (SSSR count). The summed E-state index contributed by atoms with van der Waals surface area (Å²) >= 11 is 11.8. The van der Waals surface area contributed by atoms with Gasteiger partial charge in [0.2, 0.25) is 5.78 Å². The minimum Gasteiger partial charge on any atom is -0.456 e. The summed E-state index contributed by atoms with van der Waals surface area (Å²) in [5.74, 6) is -0.948. The highest BCUT2D eigenvalue weighted by atomic mass is 35.5. The SMILES string of the molecule is O=C(Cn1cnc2ccccc21)OCC(=O)c1cc(Cl)ccc1Cl. The van der Waals surface area contributed by atoms with Gasteiger partial charge in [-0.25, -0.2) is 4.98 Å². The molecule has 0 unspecified atom stereocenters. The molecule has 5 nitrogen and oxygen atoms in total. The molecule has 0 N–H and O–H groups in total. The number of ketones is 1. The Labute approximate surface area is 147 Å². The molecule has 0 aliphatic heterocycles. The molecule has 3 aromatic rings. The molecule has 0 spiro atoms. The molecule has 0 aliphatic rings. The average Bonchev–Trinajstić information content (AvgIpc) is 2.98. The van der Waals surface area contributed by atoms with Crippen molar-refractivity contribution in [2.24, 2.45) is 0 Å². The molecule has 24 heavy (non-hydrogen) atoms. The Morgan fingerprint density at radius 3 is 2.75 bits per heavy atom. The van der Waals surface area contributed by atoms with Crippen LogP contribution >= 0.6 is 23.2 Å². The summed E-state index contributed by atoms with van der Waals surface area (Å²) in [4.78, 5) is 28.2. The number of esters is 1. The van der Waals surface area contributed by atoms with E-state index in [1.165, 1.54) is 12.1 Å². The van der Waals surface area contributed by atoms with Crippen molar-refractivity contribution in [1.29, 1.82) is 0 Å². The fraction of sp³-hybridized carbons (Fsp3) is 0.118. The molecular formula is C17H12Cl2N2O3. The van der Waals surface area contributed by atoms with Gasteiger partial charge in [-0.1, -0.05) is 35.3 Å². The number of halogens is 2. The number of carbonyl (C=O) groups excluding carboxylic acids is 2. The number of aromatic nitrogens is 2. The quantitative estimate of drug-likeness (QED) is 0.511. The molecule has 0 atom stereocenters. The van der Waals surface area contributed by atoms with Gasteiger partial charge in [-0.05, 0) is 30.3 Å². The second kappa shape index (κ2) is 7.03. The maximum Gasteiger partial charge on any atom is 0.326 e. The first-order valence-corrected chi connectivity index (χ1v) is 7.84. The number of benzene rings is 2. The van der Waals surface area contributed by atoms with E-state index in [0.29, 0.717) is 5.02 Å². The van der Waals surface area contributed by atoms with Crippen LogP contribution in [0, 0.1) is 0 Å². The highest BCUT2D eigenvalue weighted by Crippen LogP contribution is 2.21. The summed E-state index contributed by atoms with van der Waals surface area (Å²) in [6, 6.07) is 12.0. The Hall–Kier alpha value is -2.37. The van der Waals surface area contributed by atoms with Gasteiger partial charge in [-0.15, -0.1) is 0 Å². The topological polar surface area (TPSA) is 61.2 Å². The van der Waals surface area contributed by atoms with Crippen LogP contribution in [0.2, 0.25) is 10.0 Å². The standard InChI is InChI=1S/C17H12Cl2N2O3/c18-11-5-6-13(19)12(7-11)16(22)9-24-17(23)8-21-10-20-14-3-1-2-4-15(14)21/h1-7,10H,8-9H2. The van der Waals surface area contributed by atoms with Crippen molar-refractivity contribution in [2.45, 2.75) is 6.54 Å². The van der Waals surface area contributed by atoms with E-state index < -0.39 is 18.4 Å². The zero-order valence-electron chi connectivity index (χ0n) is 12.4. The summed E-state index contributed by atoms with van der Waals surface area (Å²) in [7, 11) is 0. The number of nitrogens with zero attached hydrogens (tertiary/aromatic N) is 2. The number of fused-ring (bicyclic) bond motifs is 1. The van der Waals surface area contributed by atoms with Crippen LogP contribution in [0.3, 0.4) is 0 Å². The number of hydrogen-bond acceptors (Lipinski definition) is 4. The smallest absolute Gasteiger partial charge is 0.326 e. The van der Waals surface area contributed by atoms with Gasteiger partial charge in [0.1, 0.15) is 6.54 Å². The van der Waals surface area contributed by atoms with Crippen LogP contribution in [0.25, 0.3) is 11.0 Å². The lowest BCUT2D eigenvalue weighted by atomic mass is 10.1. The van der Waals surface area contributed by atoms with E-state index in [0.717, 1.165) is 11.0 Å². The third kappa shape index (κ3) is 3.58. The molecule has 0 radical (unpaired) electrons. The fourth-order valence-corrected chi connectivity index (χ4v) is 2.65. The molecular weight excluding hydrogens is 351 g/mol. The van der Waals surface area contributed by atoms with Crippen LogP contribution in [0.15, 0.2) is 48.8 Å². The van der Waals surface area contributed by atoms with E-state index in [-0.39, 0.29) is 17.1 Å². The Morgan fingerprint density at radius 2 is 1.92 bits per heavy atom. The van der Waals surface area contributed by atoms with E-state index in [2.05, 4.69) is 4.98 Å². The Bertz CT molecular complexity index is 921. The number of ether oxygens (including phenoxy) is 1. The van der Waals surface area contributed by atoms with Crippen molar-refractivity contribution in [2.75, 3.05) is 6.61 Å². The number of carbonyl (C=O) groups is 2. The first kappa shape index (κ1) is 16.5. The molecule has 122 valence electrons. The van der Waals surface area contributed by atoms with Crippen molar-refractivity contribution in [3.05, 3.63) is 64.4 Å². The monoisotopic (exact) mass is 362 g/mol. The highest BCUT2D eigenvalue weighted by Gasteiger charge is 2.14. The lowest BCUT2D eigenvalue weighted by molar-refractivity contribution is -0.143. The number of hydrogen-bond donors (Lipinski definition) is 0. The van der Waals surface area contributed by atoms with Crippen LogP contribution in [0.1, 0.15) is 10.4 Å². The Morgan fingerprint density at radius 1 is 1.12 bits per heavy atom. The third-order valence-corrected chi connectivity index (χ3v) is 3.98. The lowest BCUT2D eigenvalue weighted by Crippen LogP contribution is -2.18. The first-order valence-electron chi connectivity index (χ1n) is 7.08. The molecule has 1 heterocycles. The first-order chi connectivity index (χ1) is 11.5. The molecule has 0 bridgehead atoms. The van der Waals surface area contributed by atoms with Gasteiger partial charge in [0.15, 0.2) is 6.61 Å². The summed E-state index contributed by atoms with van der Waals surface area (Å²) in [5.41, 5.74) is 1.83. The summed E-state index contributed by atoms with van der Waals surface area (Å²) in [6.45, 7) is -0.428. The number of para-hydroxylation sites is 2. The lowest BCUT2D eigenvalue weighted by Gasteiger charge is -2.07. The Balaban J connectivity index is 1.63. The maximum absolute atomic E-state index is 12.1. The van der Waals surface area contributed by atoms with Crippen molar-refractivity contribution >= 4 is 46.0 Å². The van der Waals surface area contributed by atoms with Gasteiger partial charge in [-0.2, -0.15) is 0 Å². The molecule has 2 aromatic carbocycles. The molecule has 0 fully saturated rings. The third-order valence-electron chi connectivity index (χ3n) is 3.42. The summed E-state index contributed by atoms with van der Waals surface area (Å²) in [6.07, 6.45) is 1.56. The van der Waals surface area contributed by atoms with Gasteiger partial charge >= 0.3 is 5.97 Å². The molecule has 0 aliphatic carbocycles. The Kier molecular flexibility index (Phi) is 4.83. The molecule has 0 amide bonds. The van der Waals surface area contributed by atoms with E-state index in [9.17, 15) is 9.59 Å². The zero-order valence-corrected chi connectivity index (χ0v) is 13.9. The minimum absolute atomic E-state index is 0.0307. The molecule has 7 heteroatoms. The highest BCUT2D eigenvalue weighted by molar-refractivity contribution is 6.36. The minimum atomic E-state index is -0.537. The normalized spacial score (nSPS) is 10.8. The van der Waals surface area contributed by atoms with Gasteiger partial charge in [0.05, 0.1) is 22.4 Å². The van der Waals surface area contributed by atoms with Crippen LogP contribution in [0.4, 0.5) is 0 Å². The van der Waals surface area contributed by atoms with Crippen LogP contribution < -0.4 is 0 Å². The average molecular weight is 363 g/mol. The van der Waals surface area contributed by atoms with Crippen molar-refractivity contribution in [1.82, 2.24) is 9.55 Å². The molecule has 1 aromatic heterocycles. The van der Waals surface area contributed by atoms with E-state index in [1.807, 2.05) is 24.3 Å². The number of Topliss-reactive ketones (excluding diaryl/α,β-unsaturated/α-hetero) is 1. The largest absolute Gasteiger partial charge is 0.456 e. The van der Waals surface area contributed by atoms with E-state index in [4.69, 9.17) is 27.9 Å². The van der Waals surface area contributed by atoms with Crippen molar-refractivity contribution in [3.8, 4) is 0 Å². The van der Waals surface area contributed by atoms with Crippen LogP contribution in [0.5, 0.6) is 0 Å². The number of rotatable bonds is 5. The molecule has 0 saturated carbocycles. The van der Waals surface area contributed by atoms with Crippen molar-refractivity contribution in [3.63, 3.8) is 0 Å². The second-order valence-electron chi connectivity index (χ2n) is 5.07. The van der Waals surface area contributed by atoms with E-state index in [1.54, 1.807) is 17.0 Å². The fourth-order valence-electron chi connectivity index (χ4n) is 2.26. The predicted octanol–water partition coefficient (Wildman–Crippen LogP) is 3.77. The summed E-state index contributed by atoms with van der Waals surface area (Å²) in [5, 5.41) is 0.653. The molecule has 0 saturated heterocycles. The second-order valence-corrected chi connectivity index (χ2v) is 5.91. The maximum atomic E-state index is 12.1. The van der Waals surface area contributed by atoms with Crippen LogP contribution in [-0.2, 0) is 16.1 Å². The predicted molar refractivity (Wildman–Crippen MR) is 91.5 cm³/mol. The van der Waals surface area contributed by atoms with Gasteiger partial charge in [-0.3, -0.25) is 9.59 Å². The van der Waals surface area contributed by atoms with Gasteiger partial charge in [0, 0.05) is 10.6 Å². The summed E-state index contributed by atoms with van der Waals surface area (Å²) < 4.78 is 6.70. The number of imidazole rings is 1. The van der Waals surface area contributed by atoms with Crippen LogP contribution in [-0.4, -0.2) is 27.9 Å². The van der Waals surface area contributed by atoms with Crippen molar-refractivity contribution < 1.29 is 14.3 Å². The van der Waals surface area contributed by atoms with Gasteiger partial charge in [0.25, 0.3) is 0 Å². The van der Waals surface area contributed by atoms with Gasteiger partial charge < -0.3 is 9.30 Å².